The van der Waals surface area contributed by atoms with Crippen LogP contribution in [0.2, 0.25) is 0 Å². The number of hydrogen-bond donors (Lipinski definition) is 1. The second kappa shape index (κ2) is 7.29. The van der Waals surface area contributed by atoms with Crippen LogP contribution in [0.4, 0.5) is 0 Å². The molecule has 4 nitrogen and oxygen atoms in total. The number of rotatable bonds is 6. The summed E-state index contributed by atoms with van der Waals surface area (Å²) >= 11 is 0. The Hall–Kier alpha value is -1.55. The number of quaternary nitrogens is 1. The summed E-state index contributed by atoms with van der Waals surface area (Å²) in [5.74, 6) is -0.139. The molecule has 1 aromatic rings. The maximum atomic E-state index is 11.0. The van der Waals surface area contributed by atoms with E-state index < -0.39 is 5.97 Å². The van der Waals surface area contributed by atoms with Crippen LogP contribution >= 0.6 is 0 Å². The third-order valence-corrected chi connectivity index (χ3v) is 4.16. The molecule has 1 fully saturated rings. The molecule has 1 aromatic carbocycles. The highest BCUT2D eigenvalue weighted by Crippen LogP contribution is 2.18. The van der Waals surface area contributed by atoms with Crippen LogP contribution in [0.5, 0.6) is 5.75 Å². The number of carboxylic acids is 1. The largest absolute Gasteiger partial charge is 0.544 e. The standard InChI is InChI=1S/C16H23NO3/c1-20-15-10-6-5-7-13(15)11-17(12-16(18)19)14-8-3-2-4-9-14/h5-7,10,14H,2-4,8-9,11-12H2,1H3,(H,18,19). The van der Waals surface area contributed by atoms with E-state index in [1.54, 1.807) is 7.11 Å². The Balaban J connectivity index is 2.11. The Kier molecular flexibility index (Phi) is 5.41. The van der Waals surface area contributed by atoms with Crippen molar-refractivity contribution in [1.29, 1.82) is 0 Å². The Morgan fingerprint density at radius 3 is 2.65 bits per heavy atom. The molecule has 110 valence electrons. The summed E-state index contributed by atoms with van der Waals surface area (Å²) in [5.41, 5.74) is 1.07. The van der Waals surface area contributed by atoms with Gasteiger partial charge in [-0.05, 0) is 37.8 Å². The monoisotopic (exact) mass is 277 g/mol. The van der Waals surface area contributed by atoms with E-state index in [2.05, 4.69) is 0 Å². The highest BCUT2D eigenvalue weighted by molar-refractivity contribution is 5.65. The third kappa shape index (κ3) is 3.97. The quantitative estimate of drug-likeness (QED) is 0.806. The van der Waals surface area contributed by atoms with Gasteiger partial charge in [0, 0.05) is 5.56 Å². The second-order valence-corrected chi connectivity index (χ2v) is 5.53. The van der Waals surface area contributed by atoms with Crippen molar-refractivity contribution in [2.24, 2.45) is 0 Å². The van der Waals surface area contributed by atoms with Crippen LogP contribution in [-0.4, -0.2) is 25.7 Å². The molecule has 0 aromatic heterocycles. The maximum absolute atomic E-state index is 11.0. The second-order valence-electron chi connectivity index (χ2n) is 5.53. The Labute approximate surface area is 120 Å². The van der Waals surface area contributed by atoms with Gasteiger partial charge in [-0.25, -0.2) is 0 Å². The van der Waals surface area contributed by atoms with E-state index in [1.807, 2.05) is 24.3 Å². The van der Waals surface area contributed by atoms with Gasteiger partial charge in [-0.15, -0.1) is 0 Å². The lowest BCUT2D eigenvalue weighted by Crippen LogP contribution is -3.15. The molecule has 0 spiro atoms. The van der Waals surface area contributed by atoms with Gasteiger partial charge in [0.15, 0.2) is 0 Å². The van der Waals surface area contributed by atoms with Gasteiger partial charge in [-0.1, -0.05) is 18.6 Å². The number of para-hydroxylation sites is 1. The molecule has 2 rings (SSSR count). The van der Waals surface area contributed by atoms with Gasteiger partial charge in [0.2, 0.25) is 0 Å². The average Bonchev–Trinajstić information content (AvgIpc) is 2.47. The zero-order valence-corrected chi connectivity index (χ0v) is 12.1. The fraction of sp³-hybridized carbons (Fsp3) is 0.562. The van der Waals surface area contributed by atoms with Gasteiger partial charge in [0.1, 0.15) is 18.8 Å². The van der Waals surface area contributed by atoms with Crippen molar-refractivity contribution < 1.29 is 19.5 Å². The van der Waals surface area contributed by atoms with Crippen molar-refractivity contribution >= 4 is 5.97 Å². The zero-order valence-electron chi connectivity index (χ0n) is 12.1. The Bertz CT molecular complexity index is 441. The molecule has 0 radical (unpaired) electrons. The molecule has 0 bridgehead atoms. The molecule has 0 aliphatic heterocycles. The summed E-state index contributed by atoms with van der Waals surface area (Å²) < 4.78 is 5.36. The normalized spacial score (nSPS) is 17.6. The van der Waals surface area contributed by atoms with Gasteiger partial charge in [-0.3, -0.25) is 0 Å². The molecule has 1 aliphatic rings. The van der Waals surface area contributed by atoms with E-state index >= 15 is 0 Å². The number of aliphatic carboxylic acids is 1. The highest BCUT2D eigenvalue weighted by atomic mass is 16.5. The van der Waals surface area contributed by atoms with Crippen molar-refractivity contribution in [3.63, 3.8) is 0 Å². The van der Waals surface area contributed by atoms with Gasteiger partial charge in [0.05, 0.1) is 19.1 Å². The molecule has 1 saturated carbocycles. The molecule has 4 heteroatoms. The first-order valence-corrected chi connectivity index (χ1v) is 7.37. The number of ether oxygens (including phenoxy) is 1. The molecule has 1 aliphatic carbocycles. The summed E-state index contributed by atoms with van der Waals surface area (Å²) in [6.45, 7) is 0.755. The summed E-state index contributed by atoms with van der Waals surface area (Å²) in [6, 6.07) is 8.26. The first kappa shape index (κ1) is 14.9. The van der Waals surface area contributed by atoms with Crippen molar-refractivity contribution in [2.45, 2.75) is 44.7 Å². The van der Waals surface area contributed by atoms with E-state index in [1.165, 1.54) is 19.3 Å². The molecule has 0 saturated heterocycles. The minimum absolute atomic E-state index is 0.0721. The van der Waals surface area contributed by atoms with Crippen LogP contribution in [0.3, 0.4) is 0 Å². The smallest absolute Gasteiger partial charge is 0.127 e. The number of methoxy groups -OCH3 is 1. The van der Waals surface area contributed by atoms with E-state index in [4.69, 9.17) is 4.74 Å². The molecule has 1 N–H and O–H groups in total. The fourth-order valence-electron chi connectivity index (χ4n) is 3.14. The SMILES string of the molecule is COc1ccccc1C[NH+](CC(=O)[O-])C1CCCCC1. The fourth-order valence-corrected chi connectivity index (χ4v) is 3.14. The first-order valence-electron chi connectivity index (χ1n) is 7.37. The summed E-state index contributed by atoms with van der Waals surface area (Å²) in [5, 5.41) is 11.0. The third-order valence-electron chi connectivity index (χ3n) is 4.16. The van der Waals surface area contributed by atoms with Crippen molar-refractivity contribution in [3.8, 4) is 5.75 Å². The molecule has 1 unspecified atom stereocenters. The zero-order chi connectivity index (χ0) is 14.4. The topological polar surface area (TPSA) is 53.8 Å². The van der Waals surface area contributed by atoms with E-state index in [9.17, 15) is 9.90 Å². The van der Waals surface area contributed by atoms with Crippen molar-refractivity contribution in [2.75, 3.05) is 13.7 Å². The molecular formula is C16H23NO3. The van der Waals surface area contributed by atoms with E-state index in [0.29, 0.717) is 12.6 Å². The van der Waals surface area contributed by atoms with Crippen LogP contribution in [0.15, 0.2) is 24.3 Å². The van der Waals surface area contributed by atoms with Crippen LogP contribution in [0, 0.1) is 0 Å². The minimum atomic E-state index is -0.972. The lowest BCUT2D eigenvalue weighted by molar-refractivity contribution is -0.934. The lowest BCUT2D eigenvalue weighted by Gasteiger charge is -2.32. The predicted molar refractivity (Wildman–Crippen MR) is 74.4 cm³/mol. The van der Waals surface area contributed by atoms with Crippen molar-refractivity contribution in [3.05, 3.63) is 29.8 Å². The summed E-state index contributed by atoms with van der Waals surface area (Å²) in [7, 11) is 1.65. The molecule has 1 atom stereocenters. The Morgan fingerprint density at radius 1 is 1.30 bits per heavy atom. The number of hydrogen-bond acceptors (Lipinski definition) is 3. The number of carboxylic acid groups (broad SMARTS) is 1. The molecule has 0 amide bonds. The predicted octanol–water partition coefficient (Wildman–Crippen LogP) is 0.163. The summed E-state index contributed by atoms with van der Waals surface area (Å²) in [6.07, 6.45) is 5.89. The van der Waals surface area contributed by atoms with E-state index in [0.717, 1.165) is 29.1 Å². The van der Waals surface area contributed by atoms with Crippen LogP contribution in [0.25, 0.3) is 0 Å². The lowest BCUT2D eigenvalue weighted by atomic mass is 9.93. The molecule has 20 heavy (non-hydrogen) atoms. The number of carbonyl (C=O) groups is 1. The van der Waals surface area contributed by atoms with Crippen LogP contribution < -0.4 is 14.7 Å². The number of carbonyl (C=O) groups excluding carboxylic acids is 1. The number of benzene rings is 1. The van der Waals surface area contributed by atoms with Crippen LogP contribution in [-0.2, 0) is 11.3 Å². The molecule has 0 heterocycles. The Morgan fingerprint density at radius 2 is 2.00 bits per heavy atom. The average molecular weight is 277 g/mol. The van der Waals surface area contributed by atoms with Gasteiger partial charge in [-0.2, -0.15) is 0 Å². The molecular weight excluding hydrogens is 254 g/mol. The maximum Gasteiger partial charge on any atom is 0.127 e. The highest BCUT2D eigenvalue weighted by Gasteiger charge is 2.25. The minimum Gasteiger partial charge on any atom is -0.544 e. The van der Waals surface area contributed by atoms with Crippen molar-refractivity contribution in [1.82, 2.24) is 0 Å². The summed E-state index contributed by atoms with van der Waals surface area (Å²) in [4.78, 5) is 12.1. The van der Waals surface area contributed by atoms with Crippen LogP contribution in [0.1, 0.15) is 37.7 Å². The number of nitrogens with one attached hydrogen (secondary N) is 1. The van der Waals surface area contributed by atoms with E-state index in [-0.39, 0.29) is 6.54 Å². The van der Waals surface area contributed by atoms with Gasteiger partial charge < -0.3 is 19.5 Å². The first-order chi connectivity index (χ1) is 9.70. The van der Waals surface area contributed by atoms with Gasteiger partial charge in [0.25, 0.3) is 0 Å². The van der Waals surface area contributed by atoms with Gasteiger partial charge >= 0.3 is 0 Å².